The fourth-order valence-corrected chi connectivity index (χ4v) is 11.1. The number of rotatable bonds is 11. The minimum atomic E-state index is -1.46. The molecule has 0 radical (unpaired) electrons. The second-order valence-corrected chi connectivity index (χ2v) is 21.1. The largest absolute Gasteiger partial charge is 0.459 e. The zero-order chi connectivity index (χ0) is 49.7. The maximum absolute atomic E-state index is 14.8. The molecule has 18 heteroatoms. The zero-order valence-electron chi connectivity index (χ0n) is 42.9. The van der Waals surface area contributed by atoms with Crippen LogP contribution in [0.3, 0.4) is 0 Å². The summed E-state index contributed by atoms with van der Waals surface area (Å²) in [4.78, 5) is 27.5. The number of esters is 1. The Balaban J connectivity index is 1.46. The third-order valence-corrected chi connectivity index (χ3v) is 15.4. The number of methoxy groups -OCH3 is 1. The maximum atomic E-state index is 14.8. The van der Waals surface area contributed by atoms with E-state index in [0.29, 0.717) is 50.2 Å². The van der Waals surface area contributed by atoms with Gasteiger partial charge in [0.15, 0.2) is 18.4 Å². The second-order valence-electron chi connectivity index (χ2n) is 21.1. The van der Waals surface area contributed by atoms with Gasteiger partial charge in [-0.2, -0.15) is 5.10 Å². The molecule has 18 atom stereocenters. The Labute approximate surface area is 404 Å². The van der Waals surface area contributed by atoms with Crippen LogP contribution in [0.2, 0.25) is 0 Å². The molecule has 0 aliphatic carbocycles. The van der Waals surface area contributed by atoms with Gasteiger partial charge < -0.3 is 64.2 Å². The lowest BCUT2D eigenvalue weighted by atomic mass is 9.73. The van der Waals surface area contributed by atoms with Crippen LogP contribution in [0.1, 0.15) is 113 Å². The fraction of sp³-hybridized carbons (Fsp3) is 0.800. The van der Waals surface area contributed by atoms with Gasteiger partial charge in [0.05, 0.1) is 59.9 Å². The predicted molar refractivity (Wildman–Crippen MR) is 256 cm³/mol. The first-order chi connectivity index (χ1) is 32.1. The zero-order valence-corrected chi connectivity index (χ0v) is 42.9. The molecule has 5 aliphatic heterocycles. The molecule has 5 aliphatic rings. The van der Waals surface area contributed by atoms with Crippen LogP contribution in [-0.4, -0.2) is 160 Å². The Morgan fingerprint density at radius 2 is 1.82 bits per heavy atom. The van der Waals surface area contributed by atoms with E-state index in [1.807, 2.05) is 84.9 Å². The molecule has 0 unspecified atom stereocenters. The van der Waals surface area contributed by atoms with Gasteiger partial charge in [-0.15, -0.1) is 0 Å². The summed E-state index contributed by atoms with van der Waals surface area (Å²) in [5, 5.41) is 37.5. The Hall–Kier alpha value is -3.14. The highest BCUT2D eigenvalue weighted by Gasteiger charge is 2.53. The number of aliphatic hydroxyl groups excluding tert-OH is 1. The highest BCUT2D eigenvalue weighted by atomic mass is 16.7. The van der Waals surface area contributed by atoms with Crippen molar-refractivity contribution >= 4 is 11.7 Å². The minimum absolute atomic E-state index is 0.0430. The number of carbonyl (C=O) groups excluding carboxylic acids is 1. The lowest BCUT2D eigenvalue weighted by molar-refractivity contribution is -0.313. The smallest absolute Gasteiger partial charge is 0.311 e. The Morgan fingerprint density at radius 3 is 2.47 bits per heavy atom. The molecule has 2 aromatic heterocycles. The number of carbonyl (C=O) groups is 1. The molecule has 2 aromatic rings. The molecule has 18 nitrogen and oxygen atoms in total. The molecule has 5 saturated heterocycles. The van der Waals surface area contributed by atoms with Crippen LogP contribution < -0.4 is 11.1 Å². The molecule has 0 amide bonds. The van der Waals surface area contributed by atoms with Crippen LogP contribution in [0.4, 0.5) is 0 Å². The van der Waals surface area contributed by atoms with Gasteiger partial charge in [0, 0.05) is 55.7 Å². The van der Waals surface area contributed by atoms with Crippen molar-refractivity contribution in [3.63, 3.8) is 0 Å². The summed E-state index contributed by atoms with van der Waals surface area (Å²) < 4.78 is 48.6. The van der Waals surface area contributed by atoms with E-state index in [9.17, 15) is 15.0 Å². The van der Waals surface area contributed by atoms with Gasteiger partial charge in [-0.1, -0.05) is 32.0 Å². The van der Waals surface area contributed by atoms with Gasteiger partial charge in [0.2, 0.25) is 0 Å². The summed E-state index contributed by atoms with van der Waals surface area (Å²) in [5.74, 6) is -1.83. The Kier molecular flexibility index (Phi) is 18.3. The lowest BCUT2D eigenvalue weighted by Crippen LogP contribution is -2.62. The number of ether oxygens (including phenoxy) is 7. The summed E-state index contributed by atoms with van der Waals surface area (Å²) in [6.45, 7) is 20.2. The molecule has 0 aromatic carbocycles. The average molecular weight is 958 g/mol. The van der Waals surface area contributed by atoms with Gasteiger partial charge in [-0.05, 0) is 125 Å². The highest BCUT2D eigenvalue weighted by Crippen LogP contribution is 2.42. The topological polar surface area (TPSA) is 216 Å². The molecule has 384 valence electrons. The van der Waals surface area contributed by atoms with Crippen molar-refractivity contribution in [1.82, 2.24) is 25.0 Å². The van der Waals surface area contributed by atoms with Crippen molar-refractivity contribution in [3.05, 3.63) is 42.4 Å². The number of nitrogens with two attached hydrogens (primary N) is 1. The maximum Gasteiger partial charge on any atom is 0.311 e. The van der Waals surface area contributed by atoms with E-state index >= 15 is 0 Å². The highest BCUT2D eigenvalue weighted by molar-refractivity contribution is 5.85. The first kappa shape index (κ1) is 54.2. The van der Waals surface area contributed by atoms with Crippen molar-refractivity contribution < 1.29 is 53.0 Å². The number of likely N-dealkylation sites (N-methyl/N-ethyl adjacent to an activating group) is 1. The SMILES string of the molecule is CC[C@H]1OC(=O)[C@H](C)[C@@H](O[C@H]2C[C@@](C)(OC)[C@H](N)[C@H](C)O2)[C@H](C)[C@@H](O[C@@H]2O[C@H](C)C[C@H](N(C)C)[C@H]2O)[C@@]2(C)C[C@@H](C)NC[C@H](C)[C@@H](CC/C(=N\OCc3ccc(-n4cccn4)nc3)CO2)[C@]1(C)O. The first-order valence-corrected chi connectivity index (χ1v) is 24.8. The Morgan fingerprint density at radius 1 is 1.07 bits per heavy atom. The van der Waals surface area contributed by atoms with Gasteiger partial charge in [-0.25, -0.2) is 9.67 Å². The average Bonchev–Trinajstić information content (AvgIpc) is 3.84. The number of fused-ring (bicyclic) bond motifs is 15. The van der Waals surface area contributed by atoms with Crippen LogP contribution in [0.5, 0.6) is 0 Å². The van der Waals surface area contributed by atoms with Crippen LogP contribution in [0, 0.1) is 23.7 Å². The van der Waals surface area contributed by atoms with Crippen molar-refractivity contribution in [2.24, 2.45) is 34.6 Å². The number of pyridine rings is 1. The van der Waals surface area contributed by atoms with E-state index in [1.54, 1.807) is 38.0 Å². The normalized spacial score (nSPS) is 42.1. The molecule has 0 saturated carbocycles. The molecular formula is C50H83N7O11. The van der Waals surface area contributed by atoms with Gasteiger partial charge >= 0.3 is 5.97 Å². The number of aliphatic hydroxyl groups is 2. The minimum Gasteiger partial charge on any atom is -0.459 e. The second kappa shape index (κ2) is 22.9. The summed E-state index contributed by atoms with van der Waals surface area (Å²) in [5.41, 5.74) is 4.67. The van der Waals surface area contributed by atoms with E-state index in [1.165, 1.54) is 0 Å². The number of aromatic nitrogens is 3. The molecule has 7 rings (SSSR count). The Bertz CT molecular complexity index is 1920. The van der Waals surface area contributed by atoms with Crippen molar-refractivity contribution in [1.29, 1.82) is 0 Å². The van der Waals surface area contributed by atoms with Crippen LogP contribution in [-0.2, 0) is 49.4 Å². The number of nitrogens with one attached hydrogen (secondary N) is 1. The summed E-state index contributed by atoms with van der Waals surface area (Å²) in [6, 6.07) is 4.79. The molecule has 0 spiro atoms. The third-order valence-electron chi connectivity index (χ3n) is 15.4. The quantitative estimate of drug-likeness (QED) is 0.177. The number of nitrogens with zero attached hydrogens (tertiary/aromatic N) is 5. The molecule has 2 bridgehead atoms. The van der Waals surface area contributed by atoms with E-state index in [4.69, 9.17) is 48.9 Å². The molecule has 5 fully saturated rings. The number of hydrogen-bond acceptors (Lipinski definition) is 17. The molecule has 5 N–H and O–H groups in total. The van der Waals surface area contributed by atoms with E-state index in [-0.39, 0.29) is 49.7 Å². The lowest BCUT2D eigenvalue weighted by Gasteiger charge is -2.50. The fourth-order valence-electron chi connectivity index (χ4n) is 11.1. The van der Waals surface area contributed by atoms with E-state index in [2.05, 4.69) is 29.2 Å². The van der Waals surface area contributed by atoms with Gasteiger partial charge in [-0.3, -0.25) is 4.79 Å². The van der Waals surface area contributed by atoms with Crippen molar-refractivity contribution in [2.45, 2.75) is 199 Å². The summed E-state index contributed by atoms with van der Waals surface area (Å²) in [6.07, 6.45) is 1.52. The molecule has 68 heavy (non-hydrogen) atoms. The van der Waals surface area contributed by atoms with Crippen LogP contribution in [0.15, 0.2) is 41.9 Å². The molecule has 7 heterocycles. The number of oxime groups is 1. The standard InChI is InChI=1S/C50H83N7O11/c1-14-39-50(10,60)37-18-17-36(55-63-27-35-16-19-40(53-26-35)57-21-15-20-54-57)28-62-49(9,23-30(3)52-25-29(37)2)45(68-47-42(58)38(56(11)12)22-31(4)64-47)32(5)43(33(6)46(59)66-39)67-41-24-48(8,61-13)44(51)34(7)65-41/h15-16,19-21,26,29-34,37-39,41-45,47,52,58,60H,14,17-18,22-25,27-28,51H2,1-13H3/b55-36+/t29-,30+,31+,32-,33+,34-,37+,38-,39+,41-,42+,43-,44+,45+,47-,48+,49+,50-/m0/s1. The van der Waals surface area contributed by atoms with E-state index < -0.39 is 83.7 Å². The predicted octanol–water partition coefficient (Wildman–Crippen LogP) is 4.75. The van der Waals surface area contributed by atoms with Crippen LogP contribution >= 0.6 is 0 Å². The van der Waals surface area contributed by atoms with Crippen LogP contribution in [0.25, 0.3) is 5.82 Å². The summed E-state index contributed by atoms with van der Waals surface area (Å²) >= 11 is 0. The summed E-state index contributed by atoms with van der Waals surface area (Å²) in [7, 11) is 5.49. The van der Waals surface area contributed by atoms with Gasteiger partial charge in [0.1, 0.15) is 24.4 Å². The van der Waals surface area contributed by atoms with Gasteiger partial charge in [0.25, 0.3) is 0 Å². The van der Waals surface area contributed by atoms with Crippen molar-refractivity contribution in [2.75, 3.05) is 34.4 Å². The third kappa shape index (κ3) is 12.5. The first-order valence-electron chi connectivity index (χ1n) is 24.8. The van der Waals surface area contributed by atoms with Crippen molar-refractivity contribution in [3.8, 4) is 5.82 Å². The van der Waals surface area contributed by atoms with E-state index in [0.717, 1.165) is 5.56 Å². The number of hydrogen-bond donors (Lipinski definition) is 4. The monoisotopic (exact) mass is 958 g/mol. The molecular weight excluding hydrogens is 875 g/mol.